The highest BCUT2D eigenvalue weighted by molar-refractivity contribution is 5.76. The first-order valence-electron chi connectivity index (χ1n) is 29.4. The van der Waals surface area contributed by atoms with Crippen LogP contribution in [-0.2, 0) is 4.79 Å². The van der Waals surface area contributed by atoms with Crippen molar-refractivity contribution in [3.63, 3.8) is 0 Å². The van der Waals surface area contributed by atoms with Crippen LogP contribution < -0.4 is 5.32 Å². The summed E-state index contributed by atoms with van der Waals surface area (Å²) in [7, 11) is 0. The highest BCUT2D eigenvalue weighted by atomic mass is 16.3. The van der Waals surface area contributed by atoms with E-state index in [0.29, 0.717) is 6.42 Å². The van der Waals surface area contributed by atoms with Gasteiger partial charge in [0.1, 0.15) is 0 Å². The van der Waals surface area contributed by atoms with Gasteiger partial charge in [0.25, 0.3) is 0 Å². The summed E-state index contributed by atoms with van der Waals surface area (Å²) >= 11 is 0. The fourth-order valence-electron chi connectivity index (χ4n) is 8.17. The van der Waals surface area contributed by atoms with Crippen molar-refractivity contribution in [2.75, 3.05) is 6.61 Å². The molecule has 0 aromatic carbocycles. The number of unbranched alkanes of at least 4 members (excludes halogenated alkanes) is 25. The van der Waals surface area contributed by atoms with Gasteiger partial charge in [-0.2, -0.15) is 0 Å². The first kappa shape index (κ1) is 66.5. The number of rotatable bonds is 52. The van der Waals surface area contributed by atoms with Crippen LogP contribution in [0.1, 0.15) is 258 Å². The van der Waals surface area contributed by atoms with Gasteiger partial charge in [0.05, 0.1) is 18.8 Å². The van der Waals surface area contributed by atoms with Gasteiger partial charge >= 0.3 is 0 Å². The van der Waals surface area contributed by atoms with E-state index >= 15 is 0 Å². The molecule has 0 aromatic rings. The molecule has 0 spiro atoms. The molecule has 0 aromatic heterocycles. The quantitative estimate of drug-likeness (QED) is 0.0420. The Morgan fingerprint density at radius 2 is 0.643 bits per heavy atom. The molecule has 2 unspecified atom stereocenters. The van der Waals surface area contributed by atoms with Gasteiger partial charge in [-0.15, -0.1) is 0 Å². The molecule has 4 heteroatoms. The Kier molecular flexibility index (Phi) is 56.9. The minimum Gasteiger partial charge on any atom is -0.394 e. The fourth-order valence-corrected chi connectivity index (χ4v) is 8.17. The van der Waals surface area contributed by atoms with Crippen molar-refractivity contribution in [2.45, 2.75) is 270 Å². The summed E-state index contributed by atoms with van der Waals surface area (Å²) in [6, 6.07) is -0.681. The number of hydrogen-bond acceptors (Lipinski definition) is 3. The fraction of sp³-hybridized carbons (Fsp3) is 0.652. The molecular weight excluding hydrogens is 855 g/mol. The van der Waals surface area contributed by atoms with Crippen molar-refractivity contribution in [1.29, 1.82) is 0 Å². The number of amides is 1. The van der Waals surface area contributed by atoms with Crippen molar-refractivity contribution in [2.24, 2.45) is 0 Å². The second-order valence-electron chi connectivity index (χ2n) is 19.3. The first-order valence-corrected chi connectivity index (χ1v) is 29.4. The Bertz CT molecular complexity index is 1420. The highest BCUT2D eigenvalue weighted by Gasteiger charge is 2.17. The van der Waals surface area contributed by atoms with Crippen LogP contribution in [0, 0.1) is 0 Å². The predicted molar refractivity (Wildman–Crippen MR) is 312 cm³/mol. The molecule has 0 aliphatic heterocycles. The summed E-state index contributed by atoms with van der Waals surface area (Å²) in [4.78, 5) is 12.5. The average molecular weight is 967 g/mol. The molecule has 0 heterocycles. The second-order valence-corrected chi connectivity index (χ2v) is 19.3. The van der Waals surface area contributed by atoms with Gasteiger partial charge < -0.3 is 15.5 Å². The zero-order chi connectivity index (χ0) is 50.6. The monoisotopic (exact) mass is 966 g/mol. The smallest absolute Gasteiger partial charge is 0.220 e. The van der Waals surface area contributed by atoms with Crippen LogP contribution in [0.3, 0.4) is 0 Å². The molecule has 2 atom stereocenters. The number of nitrogens with one attached hydrogen (secondary N) is 1. The lowest BCUT2D eigenvalue weighted by atomic mass is 10.0. The van der Waals surface area contributed by atoms with Crippen LogP contribution in [0.25, 0.3) is 0 Å². The van der Waals surface area contributed by atoms with Gasteiger partial charge in [-0.1, -0.05) is 276 Å². The lowest BCUT2D eigenvalue weighted by Gasteiger charge is -2.19. The minimum absolute atomic E-state index is 0.124. The third-order valence-corrected chi connectivity index (χ3v) is 12.6. The van der Waals surface area contributed by atoms with E-state index in [1.54, 1.807) is 6.08 Å². The minimum atomic E-state index is -0.901. The van der Waals surface area contributed by atoms with Gasteiger partial charge in [-0.25, -0.2) is 0 Å². The molecule has 0 radical (unpaired) electrons. The maximum atomic E-state index is 12.5. The van der Waals surface area contributed by atoms with Gasteiger partial charge in [0.15, 0.2) is 0 Å². The molecule has 0 fully saturated rings. The number of hydrogen-bond donors (Lipinski definition) is 3. The summed E-state index contributed by atoms with van der Waals surface area (Å²) in [5.74, 6) is -0.124. The first-order chi connectivity index (χ1) is 34.7. The molecule has 4 nitrogen and oxygen atoms in total. The molecule has 0 rings (SSSR count). The van der Waals surface area contributed by atoms with Crippen molar-refractivity contribution < 1.29 is 15.0 Å². The van der Waals surface area contributed by atoms with E-state index in [1.807, 2.05) is 6.08 Å². The Morgan fingerprint density at radius 3 is 1.00 bits per heavy atom. The highest BCUT2D eigenvalue weighted by Crippen LogP contribution is 2.16. The van der Waals surface area contributed by atoms with E-state index in [1.165, 1.54) is 141 Å². The molecule has 3 N–H and O–H groups in total. The summed E-state index contributed by atoms with van der Waals surface area (Å²) in [6.45, 7) is 4.17. The maximum absolute atomic E-state index is 12.5. The topological polar surface area (TPSA) is 69.6 Å². The van der Waals surface area contributed by atoms with Crippen molar-refractivity contribution >= 4 is 5.91 Å². The van der Waals surface area contributed by atoms with Gasteiger partial charge in [-0.3, -0.25) is 4.79 Å². The normalized spacial score (nSPS) is 13.8. The zero-order valence-electron chi connectivity index (χ0n) is 45.7. The molecular formula is C66H111NO3. The average Bonchev–Trinajstić information content (AvgIpc) is 3.36. The van der Waals surface area contributed by atoms with Gasteiger partial charge in [0.2, 0.25) is 5.91 Å². The Hall–Kier alpha value is -3.47. The Morgan fingerprint density at radius 1 is 0.357 bits per heavy atom. The Labute approximate surface area is 434 Å². The lowest BCUT2D eigenvalue weighted by molar-refractivity contribution is -0.123. The van der Waals surface area contributed by atoms with Crippen LogP contribution in [0.5, 0.6) is 0 Å². The SMILES string of the molecule is CC/C=C\C/C=C\C/C=C\C/C=C\C/C=C\C/C=C\C/C=C\C/C=C\CCCCC(=O)NC(CO)C(O)/C=C/CC/C=C/CC/C=C/CCCCCCCCCCCCCCCCCCCCCCC. The third kappa shape index (κ3) is 55.5. The molecule has 0 saturated heterocycles. The van der Waals surface area contributed by atoms with Crippen LogP contribution in [0.2, 0.25) is 0 Å². The van der Waals surface area contributed by atoms with Crippen LogP contribution in [-0.4, -0.2) is 34.9 Å². The van der Waals surface area contributed by atoms with Crippen molar-refractivity contribution in [1.82, 2.24) is 5.32 Å². The van der Waals surface area contributed by atoms with E-state index in [9.17, 15) is 15.0 Å². The molecule has 0 bridgehead atoms. The molecule has 1 amide bonds. The Balaban J connectivity index is 3.69. The van der Waals surface area contributed by atoms with Crippen LogP contribution >= 0.6 is 0 Å². The summed E-state index contributed by atoms with van der Waals surface area (Å²) < 4.78 is 0. The van der Waals surface area contributed by atoms with Crippen molar-refractivity contribution in [3.8, 4) is 0 Å². The molecule has 0 aliphatic carbocycles. The standard InChI is InChI=1S/C66H111NO3/c1-3-5-7-9-11-13-15-17-19-21-23-25-27-29-31-32-33-34-36-37-39-41-43-45-47-49-51-53-55-57-59-61-65(69)64(63-68)67-66(70)62-60-58-56-54-52-50-48-46-44-42-40-38-35-30-28-26-24-22-20-18-16-14-12-10-8-6-4-2/h6,8,12,14,18,20,24,26,30,35,40,42-43,45-46,48,51-54,59,61,64-65,68-69H,3-5,7,9-11,13,15-17,19,21-23,25,27-29,31-34,36-39,41,44,47,49-50,55-58,60,62-63H2,1-2H3,(H,67,70)/b8-6-,14-12-,20-18-,26-24-,35-30-,42-40-,45-43+,48-46-,53-51+,54-52-,61-59+. The summed E-state index contributed by atoms with van der Waals surface area (Å²) in [5, 5.41) is 23.1. The molecule has 398 valence electrons. The van der Waals surface area contributed by atoms with E-state index < -0.39 is 12.1 Å². The molecule has 0 aliphatic rings. The van der Waals surface area contributed by atoms with Crippen LogP contribution in [0.4, 0.5) is 0 Å². The zero-order valence-corrected chi connectivity index (χ0v) is 45.7. The molecule has 70 heavy (non-hydrogen) atoms. The van der Waals surface area contributed by atoms with E-state index in [0.717, 1.165) is 96.3 Å². The van der Waals surface area contributed by atoms with E-state index in [4.69, 9.17) is 0 Å². The van der Waals surface area contributed by atoms with Crippen LogP contribution in [0.15, 0.2) is 134 Å². The van der Waals surface area contributed by atoms with E-state index in [-0.39, 0.29) is 12.5 Å². The summed E-state index contributed by atoms with van der Waals surface area (Å²) in [6.07, 6.45) is 93.4. The number of aliphatic hydroxyl groups is 2. The van der Waals surface area contributed by atoms with E-state index in [2.05, 4.69) is 141 Å². The van der Waals surface area contributed by atoms with Gasteiger partial charge in [-0.05, 0) is 109 Å². The largest absolute Gasteiger partial charge is 0.394 e. The second kappa shape index (κ2) is 59.8. The number of carbonyl (C=O) groups is 1. The number of aliphatic hydroxyl groups excluding tert-OH is 2. The molecule has 0 saturated carbocycles. The number of allylic oxidation sites excluding steroid dienone is 21. The van der Waals surface area contributed by atoms with Crippen molar-refractivity contribution in [3.05, 3.63) is 134 Å². The number of carbonyl (C=O) groups excluding carboxylic acids is 1. The summed E-state index contributed by atoms with van der Waals surface area (Å²) in [5.41, 5.74) is 0. The third-order valence-electron chi connectivity index (χ3n) is 12.6. The lowest BCUT2D eigenvalue weighted by Crippen LogP contribution is -2.45. The predicted octanol–water partition coefficient (Wildman–Crippen LogP) is 19.8. The van der Waals surface area contributed by atoms with Gasteiger partial charge in [0, 0.05) is 6.42 Å². The maximum Gasteiger partial charge on any atom is 0.220 e.